The Kier molecular flexibility index (Phi) is 29.0. The number of aliphatic hydroxyl groups excluding tert-OH is 2. The van der Waals surface area contributed by atoms with Crippen molar-refractivity contribution in [3.05, 3.63) is 0 Å². The van der Waals surface area contributed by atoms with E-state index in [-0.39, 0.29) is 12.7 Å². The molecule has 0 saturated heterocycles. The molecule has 2 atom stereocenters. The Hall–Kier alpha value is -0.120. The number of unbranched alkanes of at least 4 members (excludes halogenated alkanes) is 22. The normalized spacial score (nSPS) is 13.4. The van der Waals surface area contributed by atoms with E-state index in [4.69, 9.17) is 4.74 Å². The molecule has 34 heavy (non-hydrogen) atoms. The molecule has 0 bridgehead atoms. The van der Waals surface area contributed by atoms with E-state index < -0.39 is 6.10 Å². The molecule has 0 spiro atoms. The predicted octanol–water partition coefficient (Wildman–Crippen LogP) is 9.52. The van der Waals surface area contributed by atoms with E-state index >= 15 is 0 Å². The van der Waals surface area contributed by atoms with E-state index in [1.165, 1.54) is 141 Å². The van der Waals surface area contributed by atoms with Crippen LogP contribution in [-0.4, -0.2) is 35.6 Å². The molecule has 0 aromatic carbocycles. The van der Waals surface area contributed by atoms with Gasteiger partial charge < -0.3 is 14.9 Å². The Morgan fingerprint density at radius 3 is 1.15 bits per heavy atom. The summed E-state index contributed by atoms with van der Waals surface area (Å²) in [5.41, 5.74) is 0. The van der Waals surface area contributed by atoms with Gasteiger partial charge in [-0.05, 0) is 12.8 Å². The molecule has 0 rings (SSSR count). The van der Waals surface area contributed by atoms with Crippen molar-refractivity contribution in [1.29, 1.82) is 0 Å². The quantitative estimate of drug-likeness (QED) is 0.104. The number of aliphatic hydroxyl groups is 2. The average Bonchev–Trinajstić information content (AvgIpc) is 2.85. The predicted molar refractivity (Wildman–Crippen MR) is 150 cm³/mol. The van der Waals surface area contributed by atoms with Crippen LogP contribution >= 0.6 is 0 Å². The van der Waals surface area contributed by atoms with Crippen LogP contribution in [0, 0.1) is 0 Å². The van der Waals surface area contributed by atoms with Crippen molar-refractivity contribution in [3.63, 3.8) is 0 Å². The lowest BCUT2D eigenvalue weighted by molar-refractivity contribution is -0.0629. The van der Waals surface area contributed by atoms with Crippen LogP contribution in [0.3, 0.4) is 0 Å². The minimum atomic E-state index is -0.731. The maximum atomic E-state index is 10.1. The molecule has 0 aliphatic heterocycles. The van der Waals surface area contributed by atoms with Crippen molar-refractivity contribution in [2.75, 3.05) is 13.2 Å². The van der Waals surface area contributed by atoms with Crippen LogP contribution in [0.25, 0.3) is 0 Å². The highest BCUT2D eigenvalue weighted by Gasteiger charge is 2.18. The minimum Gasteiger partial charge on any atom is -0.394 e. The van der Waals surface area contributed by atoms with Crippen LogP contribution in [0.4, 0.5) is 0 Å². The van der Waals surface area contributed by atoms with Gasteiger partial charge in [0.15, 0.2) is 0 Å². The van der Waals surface area contributed by atoms with Gasteiger partial charge in [0.1, 0.15) is 6.10 Å². The Balaban J connectivity index is 3.52. The van der Waals surface area contributed by atoms with Crippen LogP contribution in [0.15, 0.2) is 0 Å². The number of rotatable bonds is 29. The second-order valence-corrected chi connectivity index (χ2v) is 10.7. The molecular weight excluding hydrogens is 420 g/mol. The molecule has 0 aromatic rings. The third kappa shape index (κ3) is 25.0. The maximum Gasteiger partial charge on any atom is 0.103 e. The fourth-order valence-corrected chi connectivity index (χ4v) is 4.87. The molecule has 0 aliphatic carbocycles. The minimum absolute atomic E-state index is 0.193. The summed E-state index contributed by atoms with van der Waals surface area (Å²) in [6.07, 6.45) is 32.1. The zero-order valence-corrected chi connectivity index (χ0v) is 23.5. The van der Waals surface area contributed by atoms with Gasteiger partial charge in [0.2, 0.25) is 0 Å². The van der Waals surface area contributed by atoms with Crippen LogP contribution in [0.5, 0.6) is 0 Å². The lowest BCUT2D eigenvalue weighted by Gasteiger charge is -2.22. The molecule has 0 aliphatic rings. The summed E-state index contributed by atoms with van der Waals surface area (Å²) in [4.78, 5) is 0. The largest absolute Gasteiger partial charge is 0.394 e. The first kappa shape index (κ1) is 33.9. The Bertz CT molecular complexity index is 361. The molecule has 2 unspecified atom stereocenters. The first-order chi connectivity index (χ1) is 16.8. The van der Waals surface area contributed by atoms with Crippen molar-refractivity contribution in [2.24, 2.45) is 0 Å². The fraction of sp³-hybridized carbons (Fsp3) is 1.00. The zero-order chi connectivity index (χ0) is 25.0. The van der Waals surface area contributed by atoms with E-state index in [9.17, 15) is 10.2 Å². The van der Waals surface area contributed by atoms with E-state index in [1.54, 1.807) is 0 Å². The van der Waals surface area contributed by atoms with Gasteiger partial charge in [0.05, 0.1) is 12.7 Å². The van der Waals surface area contributed by atoms with Crippen LogP contribution < -0.4 is 0 Å². The van der Waals surface area contributed by atoms with E-state index in [1.807, 2.05) is 0 Å². The molecule has 0 heterocycles. The van der Waals surface area contributed by atoms with Gasteiger partial charge in [0.25, 0.3) is 0 Å². The molecule has 0 fully saturated rings. The Labute approximate surface area is 214 Å². The summed E-state index contributed by atoms with van der Waals surface area (Å²) >= 11 is 0. The van der Waals surface area contributed by atoms with Crippen LogP contribution in [0.2, 0.25) is 0 Å². The van der Waals surface area contributed by atoms with Crippen molar-refractivity contribution in [1.82, 2.24) is 0 Å². The highest BCUT2D eigenvalue weighted by atomic mass is 16.5. The maximum absolute atomic E-state index is 10.1. The third-order valence-electron chi connectivity index (χ3n) is 7.29. The first-order valence-electron chi connectivity index (χ1n) is 15.7. The topological polar surface area (TPSA) is 49.7 Å². The summed E-state index contributed by atoms with van der Waals surface area (Å²) in [5, 5.41) is 19.5. The van der Waals surface area contributed by atoms with E-state index in [0.717, 1.165) is 25.9 Å². The molecule has 0 aromatic heterocycles. The smallest absolute Gasteiger partial charge is 0.103 e. The molecule has 0 radical (unpaired) electrons. The summed E-state index contributed by atoms with van der Waals surface area (Å²) in [6.45, 7) is 5.08. The van der Waals surface area contributed by atoms with Crippen molar-refractivity contribution in [2.45, 2.75) is 187 Å². The average molecular weight is 485 g/mol. The monoisotopic (exact) mass is 484 g/mol. The number of hydrogen-bond acceptors (Lipinski definition) is 3. The molecular formula is C31H64O3. The highest BCUT2D eigenvalue weighted by Crippen LogP contribution is 2.16. The van der Waals surface area contributed by atoms with Gasteiger partial charge in [-0.25, -0.2) is 0 Å². The van der Waals surface area contributed by atoms with E-state index in [2.05, 4.69) is 13.8 Å². The van der Waals surface area contributed by atoms with Crippen LogP contribution in [-0.2, 0) is 4.74 Å². The molecule has 3 nitrogen and oxygen atoms in total. The molecule has 2 N–H and O–H groups in total. The van der Waals surface area contributed by atoms with Gasteiger partial charge in [0, 0.05) is 6.61 Å². The number of hydrogen-bond donors (Lipinski definition) is 2. The summed E-state index contributed by atoms with van der Waals surface area (Å²) in [7, 11) is 0. The SMILES string of the molecule is CCCCCCCCCCCCCCOC(CCCCCCCCCCCCCC)C(O)CO. The molecule has 0 saturated carbocycles. The highest BCUT2D eigenvalue weighted by molar-refractivity contribution is 4.68. The summed E-state index contributed by atoms with van der Waals surface area (Å²) < 4.78 is 5.98. The second-order valence-electron chi connectivity index (χ2n) is 10.7. The standard InChI is InChI=1S/C31H64O3/c1-3-5-7-9-11-13-15-17-19-21-23-25-27-31(30(33)29-32)34-28-26-24-22-20-18-16-14-12-10-8-6-4-2/h30-33H,3-29H2,1-2H3. The van der Waals surface area contributed by atoms with Gasteiger partial charge >= 0.3 is 0 Å². The van der Waals surface area contributed by atoms with Crippen molar-refractivity contribution < 1.29 is 14.9 Å². The summed E-state index contributed by atoms with van der Waals surface area (Å²) in [5.74, 6) is 0. The van der Waals surface area contributed by atoms with Gasteiger partial charge in [-0.2, -0.15) is 0 Å². The Morgan fingerprint density at radius 1 is 0.471 bits per heavy atom. The van der Waals surface area contributed by atoms with Gasteiger partial charge in [-0.1, -0.05) is 162 Å². The molecule has 206 valence electrons. The zero-order valence-electron chi connectivity index (χ0n) is 23.5. The molecule has 3 heteroatoms. The van der Waals surface area contributed by atoms with Gasteiger partial charge in [-0.3, -0.25) is 0 Å². The fourth-order valence-electron chi connectivity index (χ4n) is 4.87. The second kappa shape index (κ2) is 29.1. The lowest BCUT2D eigenvalue weighted by Crippen LogP contribution is -2.32. The van der Waals surface area contributed by atoms with E-state index in [0.29, 0.717) is 0 Å². The van der Waals surface area contributed by atoms with Crippen molar-refractivity contribution in [3.8, 4) is 0 Å². The van der Waals surface area contributed by atoms with Gasteiger partial charge in [-0.15, -0.1) is 0 Å². The first-order valence-corrected chi connectivity index (χ1v) is 15.7. The van der Waals surface area contributed by atoms with Crippen molar-refractivity contribution >= 4 is 0 Å². The molecule has 0 amide bonds. The summed E-state index contributed by atoms with van der Waals surface area (Å²) in [6, 6.07) is 0. The Morgan fingerprint density at radius 2 is 0.794 bits per heavy atom. The lowest BCUT2D eigenvalue weighted by atomic mass is 10.0. The van der Waals surface area contributed by atoms with Crippen LogP contribution in [0.1, 0.15) is 174 Å². The number of ether oxygens (including phenoxy) is 1. The third-order valence-corrected chi connectivity index (χ3v) is 7.29.